The fraction of sp³-hybridized carbons (Fsp3) is 0. The molecule has 3 aliphatic rings. The van der Waals surface area contributed by atoms with Crippen molar-refractivity contribution in [3.8, 4) is 39.1 Å². The third-order valence-corrected chi connectivity index (χ3v) is 7.93. The minimum absolute atomic E-state index is 0.367. The quantitative estimate of drug-likeness (QED) is 0.332. The van der Waals surface area contributed by atoms with Gasteiger partial charge in [-0.1, -0.05) is 84.3 Å². The average molecular weight is 401 g/mol. The van der Waals surface area contributed by atoms with Gasteiger partial charge in [0.25, 0.3) is 0 Å². The van der Waals surface area contributed by atoms with Crippen molar-refractivity contribution in [1.29, 1.82) is 0 Å². The maximum atomic E-state index is 2.56. The van der Waals surface area contributed by atoms with Gasteiger partial charge in [0.05, 0.1) is 5.52 Å². The van der Waals surface area contributed by atoms with Crippen molar-refractivity contribution in [2.75, 3.05) is 0 Å². The standard InChI is InChI=1S/C30H16BN/c1-2-7-17(8-3-1)18-15-24-21-11-6-10-20-22-13-14-23-19-9-4-5-12-25(19)32-26(16-18)28(24)31(27(20)21)29(22)30(23)32/h1-16H. The number of nitrogens with zero attached hydrogens (tertiary/aromatic N) is 1. The van der Waals surface area contributed by atoms with Gasteiger partial charge in [0.2, 0.25) is 6.71 Å². The molecule has 4 heterocycles. The maximum Gasteiger partial charge on any atom is 0.249 e. The second kappa shape index (κ2) is 5.06. The van der Waals surface area contributed by atoms with Crippen molar-refractivity contribution in [2.45, 2.75) is 0 Å². The number of hydrogen-bond donors (Lipinski definition) is 0. The molecule has 3 aliphatic heterocycles. The van der Waals surface area contributed by atoms with Gasteiger partial charge in [-0.15, -0.1) is 0 Å². The Morgan fingerprint density at radius 1 is 0.500 bits per heavy atom. The monoisotopic (exact) mass is 401 g/mol. The van der Waals surface area contributed by atoms with E-state index in [0.29, 0.717) is 6.71 Å². The van der Waals surface area contributed by atoms with E-state index < -0.39 is 0 Å². The number of fused-ring (bicyclic) bond motifs is 6. The van der Waals surface area contributed by atoms with Crippen LogP contribution in [0.4, 0.5) is 0 Å². The van der Waals surface area contributed by atoms with Crippen LogP contribution in [0.1, 0.15) is 0 Å². The summed E-state index contributed by atoms with van der Waals surface area (Å²) < 4.78 is 2.56. The minimum atomic E-state index is 0.367. The minimum Gasteiger partial charge on any atom is -0.310 e. The van der Waals surface area contributed by atoms with Crippen LogP contribution >= 0.6 is 0 Å². The zero-order valence-electron chi connectivity index (χ0n) is 17.3. The lowest BCUT2D eigenvalue weighted by molar-refractivity contribution is 1.19. The molecule has 0 amide bonds. The van der Waals surface area contributed by atoms with E-state index in [4.69, 9.17) is 0 Å². The molecule has 0 saturated carbocycles. The molecule has 0 radical (unpaired) electrons. The Labute approximate surface area is 185 Å². The van der Waals surface area contributed by atoms with Crippen molar-refractivity contribution < 1.29 is 0 Å². The van der Waals surface area contributed by atoms with Crippen molar-refractivity contribution in [2.24, 2.45) is 0 Å². The van der Waals surface area contributed by atoms with Crippen molar-refractivity contribution >= 4 is 44.9 Å². The van der Waals surface area contributed by atoms with E-state index in [0.717, 1.165) is 0 Å². The molecule has 1 aromatic heterocycles. The summed E-state index contributed by atoms with van der Waals surface area (Å²) in [6.45, 7) is 0.367. The van der Waals surface area contributed by atoms with Crippen LogP contribution in [0.3, 0.4) is 0 Å². The summed E-state index contributed by atoms with van der Waals surface area (Å²) in [6, 6.07) is 36.2. The zero-order valence-corrected chi connectivity index (χ0v) is 17.3. The molecule has 0 atom stereocenters. The van der Waals surface area contributed by atoms with Crippen LogP contribution in [-0.2, 0) is 0 Å². The first kappa shape index (κ1) is 15.7. The molecule has 5 aromatic carbocycles. The highest BCUT2D eigenvalue weighted by Crippen LogP contribution is 2.44. The molecule has 1 nitrogen and oxygen atoms in total. The van der Waals surface area contributed by atoms with Gasteiger partial charge in [0.15, 0.2) is 0 Å². The van der Waals surface area contributed by atoms with E-state index >= 15 is 0 Å². The molecule has 0 saturated heterocycles. The number of rotatable bonds is 1. The summed E-state index contributed by atoms with van der Waals surface area (Å²) in [5, 5.41) is 2.72. The molecule has 0 N–H and O–H groups in total. The van der Waals surface area contributed by atoms with Gasteiger partial charge in [-0.25, -0.2) is 0 Å². The number of aromatic nitrogens is 1. The largest absolute Gasteiger partial charge is 0.310 e. The second-order valence-electron chi connectivity index (χ2n) is 9.30. The first-order chi connectivity index (χ1) is 15.9. The van der Waals surface area contributed by atoms with Gasteiger partial charge >= 0.3 is 0 Å². The van der Waals surface area contributed by atoms with Crippen LogP contribution in [0.25, 0.3) is 60.9 Å². The maximum absolute atomic E-state index is 2.56. The Kier molecular flexibility index (Phi) is 2.48. The number of hydrogen-bond acceptors (Lipinski definition) is 0. The molecule has 32 heavy (non-hydrogen) atoms. The second-order valence-corrected chi connectivity index (χ2v) is 9.30. The van der Waals surface area contributed by atoms with Gasteiger partial charge in [-0.05, 0) is 62.5 Å². The molecule has 9 rings (SSSR count). The van der Waals surface area contributed by atoms with Crippen LogP contribution in [0.15, 0.2) is 97.1 Å². The van der Waals surface area contributed by atoms with Crippen molar-refractivity contribution in [1.82, 2.24) is 4.57 Å². The van der Waals surface area contributed by atoms with Crippen molar-refractivity contribution in [3.05, 3.63) is 97.1 Å². The molecule has 0 bridgehead atoms. The Hall–Kier alpha value is -4.04. The summed E-state index contributed by atoms with van der Waals surface area (Å²) in [7, 11) is 0. The van der Waals surface area contributed by atoms with Crippen LogP contribution in [-0.4, -0.2) is 11.3 Å². The molecule has 0 spiro atoms. The first-order valence-corrected chi connectivity index (χ1v) is 11.3. The van der Waals surface area contributed by atoms with E-state index in [1.165, 1.54) is 77.3 Å². The lowest BCUT2D eigenvalue weighted by Gasteiger charge is -2.24. The third-order valence-electron chi connectivity index (χ3n) is 7.93. The molecular formula is C30H16BN. The van der Waals surface area contributed by atoms with E-state index in [1.54, 1.807) is 0 Å². The number of benzene rings is 5. The Balaban J connectivity index is 1.57. The molecule has 0 unspecified atom stereocenters. The zero-order chi connectivity index (χ0) is 20.6. The van der Waals surface area contributed by atoms with Gasteiger partial charge < -0.3 is 4.57 Å². The predicted octanol–water partition coefficient (Wildman–Crippen LogP) is 5.24. The van der Waals surface area contributed by atoms with Gasteiger partial charge in [-0.3, -0.25) is 0 Å². The highest BCUT2D eigenvalue weighted by molar-refractivity contribution is 7.04. The normalized spacial score (nSPS) is 13.6. The Morgan fingerprint density at radius 2 is 1.28 bits per heavy atom. The van der Waals surface area contributed by atoms with Gasteiger partial charge in [0.1, 0.15) is 0 Å². The van der Waals surface area contributed by atoms with Gasteiger partial charge in [0, 0.05) is 22.0 Å². The van der Waals surface area contributed by atoms with Crippen LogP contribution < -0.4 is 16.4 Å². The van der Waals surface area contributed by atoms with E-state index in [2.05, 4.69) is 102 Å². The third kappa shape index (κ3) is 1.56. The van der Waals surface area contributed by atoms with Crippen molar-refractivity contribution in [3.63, 3.8) is 0 Å². The topological polar surface area (TPSA) is 4.93 Å². The van der Waals surface area contributed by atoms with E-state index in [1.807, 2.05) is 0 Å². The molecule has 0 aliphatic carbocycles. The molecular weight excluding hydrogens is 385 g/mol. The SMILES string of the molecule is c1ccc(-c2cc3c4c(c2)-n2c5ccccc5c5ccc6c(c52)B4c2c-3cccc2-6)cc1. The first-order valence-electron chi connectivity index (χ1n) is 11.3. The lowest BCUT2D eigenvalue weighted by Crippen LogP contribution is -2.50. The lowest BCUT2D eigenvalue weighted by atomic mass is 9.39. The van der Waals surface area contributed by atoms with E-state index in [9.17, 15) is 0 Å². The van der Waals surface area contributed by atoms with E-state index in [-0.39, 0.29) is 0 Å². The van der Waals surface area contributed by atoms with Crippen LogP contribution in [0.2, 0.25) is 0 Å². The Morgan fingerprint density at radius 3 is 2.19 bits per heavy atom. The molecule has 0 fully saturated rings. The summed E-state index contributed by atoms with van der Waals surface area (Å²) in [6.07, 6.45) is 0. The van der Waals surface area contributed by atoms with Crippen LogP contribution in [0, 0.1) is 0 Å². The summed E-state index contributed by atoms with van der Waals surface area (Å²) in [5.74, 6) is 0. The summed E-state index contributed by atoms with van der Waals surface area (Å²) >= 11 is 0. The smallest absolute Gasteiger partial charge is 0.249 e. The average Bonchev–Trinajstić information content (AvgIpc) is 3.49. The fourth-order valence-corrected chi connectivity index (χ4v) is 6.79. The molecule has 144 valence electrons. The highest BCUT2D eigenvalue weighted by Gasteiger charge is 2.47. The van der Waals surface area contributed by atoms with Crippen LogP contribution in [0.5, 0.6) is 0 Å². The van der Waals surface area contributed by atoms with Gasteiger partial charge in [-0.2, -0.15) is 0 Å². The number of para-hydroxylation sites is 1. The summed E-state index contributed by atoms with van der Waals surface area (Å²) in [4.78, 5) is 0. The highest BCUT2D eigenvalue weighted by atomic mass is 15.0. The predicted molar refractivity (Wildman–Crippen MR) is 135 cm³/mol. The molecule has 2 heteroatoms. The summed E-state index contributed by atoms with van der Waals surface area (Å²) in [5.41, 5.74) is 16.8. The Bertz CT molecular complexity index is 1820. The molecule has 6 aromatic rings. The fourth-order valence-electron chi connectivity index (χ4n) is 6.79.